The third kappa shape index (κ3) is 3.31. The number of carboxylic acids is 1. The number of hydrogen-bond donors (Lipinski definition) is 2. The Morgan fingerprint density at radius 2 is 2.14 bits per heavy atom. The lowest BCUT2D eigenvalue weighted by Gasteiger charge is -2.15. The number of rotatable bonds is 3. The molecule has 1 aliphatic rings. The number of halogens is 3. The molecule has 8 heteroatoms. The zero-order valence-corrected chi connectivity index (χ0v) is 10.6. The van der Waals surface area contributed by atoms with Crippen LogP contribution in [0.15, 0.2) is 24.3 Å². The molecule has 1 aromatic rings. The molecule has 1 aromatic heterocycles. The minimum atomic E-state index is -4.61. The van der Waals surface area contributed by atoms with Gasteiger partial charge in [-0.05, 0) is 18.6 Å². The number of nitrogens with zero attached hydrogens (tertiary/aromatic N) is 2. The lowest BCUT2D eigenvalue weighted by atomic mass is 10.1. The Labute approximate surface area is 117 Å². The van der Waals surface area contributed by atoms with Crippen LogP contribution in [0.5, 0.6) is 0 Å². The van der Waals surface area contributed by atoms with E-state index in [2.05, 4.69) is 10.3 Å². The Balaban J connectivity index is 2.22. The molecule has 0 radical (unpaired) electrons. The van der Waals surface area contributed by atoms with Crippen molar-refractivity contribution in [3.8, 4) is 6.07 Å². The van der Waals surface area contributed by atoms with Gasteiger partial charge in [-0.2, -0.15) is 18.4 Å². The van der Waals surface area contributed by atoms with Gasteiger partial charge in [-0.25, -0.2) is 4.98 Å². The van der Waals surface area contributed by atoms with Gasteiger partial charge in [0.1, 0.15) is 17.6 Å². The minimum absolute atomic E-state index is 0.0322. The molecular formula is C13H10F3N3O2. The first-order valence-electron chi connectivity index (χ1n) is 5.97. The van der Waals surface area contributed by atoms with Crippen LogP contribution in [0.3, 0.4) is 0 Å². The third-order valence-corrected chi connectivity index (χ3v) is 3.03. The Morgan fingerprint density at radius 3 is 2.67 bits per heavy atom. The van der Waals surface area contributed by atoms with Gasteiger partial charge < -0.3 is 10.4 Å². The summed E-state index contributed by atoms with van der Waals surface area (Å²) < 4.78 is 37.9. The smallest absolute Gasteiger partial charge is 0.433 e. The minimum Gasteiger partial charge on any atom is -0.481 e. The van der Waals surface area contributed by atoms with E-state index in [1.165, 1.54) is 6.08 Å². The zero-order valence-electron chi connectivity index (χ0n) is 10.6. The van der Waals surface area contributed by atoms with Gasteiger partial charge in [0.15, 0.2) is 0 Å². The number of alkyl halides is 3. The largest absolute Gasteiger partial charge is 0.481 e. The van der Waals surface area contributed by atoms with Crippen LogP contribution in [-0.2, 0) is 11.0 Å². The number of hydrogen-bond acceptors (Lipinski definition) is 4. The van der Waals surface area contributed by atoms with Crippen molar-refractivity contribution in [1.82, 2.24) is 4.98 Å². The molecule has 110 valence electrons. The van der Waals surface area contributed by atoms with Gasteiger partial charge >= 0.3 is 12.1 Å². The second-order valence-electron chi connectivity index (χ2n) is 4.52. The first kappa shape index (κ1) is 14.8. The molecule has 2 atom stereocenters. The second kappa shape index (κ2) is 5.44. The molecule has 5 nitrogen and oxygen atoms in total. The average Bonchev–Trinajstić information content (AvgIpc) is 2.86. The van der Waals surface area contributed by atoms with E-state index in [0.717, 1.165) is 12.1 Å². The van der Waals surface area contributed by atoms with Crippen LogP contribution in [0.2, 0.25) is 0 Å². The van der Waals surface area contributed by atoms with Crippen LogP contribution in [0.25, 0.3) is 0 Å². The summed E-state index contributed by atoms with van der Waals surface area (Å²) >= 11 is 0. The van der Waals surface area contributed by atoms with Crippen LogP contribution in [0.4, 0.5) is 19.0 Å². The topological polar surface area (TPSA) is 86.0 Å². The number of nitrogens with one attached hydrogen (secondary N) is 1. The van der Waals surface area contributed by atoms with E-state index in [4.69, 9.17) is 10.4 Å². The highest BCUT2D eigenvalue weighted by Crippen LogP contribution is 2.30. The Bertz CT molecular complexity index is 635. The van der Waals surface area contributed by atoms with E-state index in [-0.39, 0.29) is 17.8 Å². The molecule has 0 spiro atoms. The third-order valence-electron chi connectivity index (χ3n) is 3.03. The van der Waals surface area contributed by atoms with Crippen molar-refractivity contribution in [2.24, 2.45) is 5.92 Å². The molecular weight excluding hydrogens is 287 g/mol. The molecule has 0 saturated carbocycles. The second-order valence-corrected chi connectivity index (χ2v) is 4.52. The number of aromatic nitrogens is 1. The number of nitriles is 1. The van der Waals surface area contributed by atoms with Crippen molar-refractivity contribution in [3.63, 3.8) is 0 Å². The number of carbonyl (C=O) groups is 1. The molecule has 0 aromatic carbocycles. The van der Waals surface area contributed by atoms with Gasteiger partial charge in [-0.15, -0.1) is 0 Å². The van der Waals surface area contributed by atoms with E-state index in [1.54, 1.807) is 12.1 Å². The van der Waals surface area contributed by atoms with Gasteiger partial charge in [0.05, 0.1) is 11.5 Å². The first-order valence-corrected chi connectivity index (χ1v) is 5.97. The van der Waals surface area contributed by atoms with Crippen molar-refractivity contribution in [2.75, 3.05) is 5.32 Å². The molecule has 2 N–H and O–H groups in total. The normalized spacial score (nSPS) is 21.0. The zero-order chi connectivity index (χ0) is 15.6. The monoisotopic (exact) mass is 297 g/mol. The summed E-state index contributed by atoms with van der Waals surface area (Å²) in [4.78, 5) is 14.2. The fourth-order valence-electron chi connectivity index (χ4n) is 1.98. The fourth-order valence-corrected chi connectivity index (χ4v) is 1.98. The molecule has 0 fully saturated rings. The van der Waals surface area contributed by atoms with E-state index < -0.39 is 29.8 Å². The predicted molar refractivity (Wildman–Crippen MR) is 66.2 cm³/mol. The quantitative estimate of drug-likeness (QED) is 0.837. The molecule has 0 bridgehead atoms. The molecule has 21 heavy (non-hydrogen) atoms. The fraction of sp³-hybridized carbons (Fsp3) is 0.308. The number of pyridine rings is 1. The van der Waals surface area contributed by atoms with Crippen molar-refractivity contribution < 1.29 is 23.1 Å². The molecule has 0 aliphatic heterocycles. The van der Waals surface area contributed by atoms with Crippen molar-refractivity contribution >= 4 is 11.8 Å². The maximum absolute atomic E-state index is 12.6. The van der Waals surface area contributed by atoms with Gasteiger partial charge in [-0.1, -0.05) is 12.2 Å². The van der Waals surface area contributed by atoms with E-state index in [1.807, 2.05) is 0 Å². The highest BCUT2D eigenvalue weighted by atomic mass is 19.4. The van der Waals surface area contributed by atoms with Gasteiger partial charge in [-0.3, -0.25) is 4.79 Å². The lowest BCUT2D eigenvalue weighted by molar-refractivity contribution is -0.141. The molecule has 0 saturated heterocycles. The SMILES string of the molecule is N#Cc1ccc(C(F)(F)F)nc1NC1C=CC(C(=O)O)C1. The van der Waals surface area contributed by atoms with Crippen LogP contribution < -0.4 is 5.32 Å². The summed E-state index contributed by atoms with van der Waals surface area (Å²) in [5.41, 5.74) is -1.14. The van der Waals surface area contributed by atoms with Gasteiger partial charge in [0, 0.05) is 6.04 Å². The van der Waals surface area contributed by atoms with Crippen LogP contribution >= 0.6 is 0 Å². The Hall–Kier alpha value is -2.56. The summed E-state index contributed by atoms with van der Waals surface area (Å²) in [6.45, 7) is 0. The van der Waals surface area contributed by atoms with Crippen LogP contribution in [-0.4, -0.2) is 22.1 Å². The summed E-state index contributed by atoms with van der Waals surface area (Å²) in [6, 6.07) is 3.04. The molecule has 0 amide bonds. The molecule has 2 rings (SSSR count). The maximum Gasteiger partial charge on any atom is 0.433 e. The number of carboxylic acid groups (broad SMARTS) is 1. The average molecular weight is 297 g/mol. The van der Waals surface area contributed by atoms with Gasteiger partial charge in [0.25, 0.3) is 0 Å². The van der Waals surface area contributed by atoms with Crippen LogP contribution in [0, 0.1) is 17.2 Å². The van der Waals surface area contributed by atoms with Crippen LogP contribution in [0.1, 0.15) is 17.7 Å². The molecule has 2 unspecified atom stereocenters. The maximum atomic E-state index is 12.6. The Kier molecular flexibility index (Phi) is 3.84. The van der Waals surface area contributed by atoms with E-state index in [0.29, 0.717) is 0 Å². The molecule has 1 heterocycles. The van der Waals surface area contributed by atoms with E-state index >= 15 is 0 Å². The first-order chi connectivity index (χ1) is 9.81. The summed E-state index contributed by atoms with van der Waals surface area (Å²) in [6.07, 6.45) is -1.42. The van der Waals surface area contributed by atoms with Crippen molar-refractivity contribution in [1.29, 1.82) is 5.26 Å². The standard InChI is InChI=1S/C13H10F3N3O2/c14-13(15,16)10-4-2-8(6-17)11(19-10)18-9-3-1-7(5-9)12(20)21/h1-4,7,9H,5H2,(H,18,19)(H,20,21). The number of anilines is 1. The predicted octanol–water partition coefficient (Wildman–Crippen LogP) is 2.41. The number of aliphatic carboxylic acids is 1. The van der Waals surface area contributed by atoms with E-state index in [9.17, 15) is 18.0 Å². The summed E-state index contributed by atoms with van der Waals surface area (Å²) in [5.74, 6) is -1.90. The van der Waals surface area contributed by atoms with Gasteiger partial charge in [0.2, 0.25) is 0 Å². The summed E-state index contributed by atoms with van der Waals surface area (Å²) in [7, 11) is 0. The highest BCUT2D eigenvalue weighted by Gasteiger charge is 2.33. The van der Waals surface area contributed by atoms with Crippen molar-refractivity contribution in [3.05, 3.63) is 35.5 Å². The van der Waals surface area contributed by atoms with Crippen molar-refractivity contribution in [2.45, 2.75) is 18.6 Å². The Morgan fingerprint density at radius 1 is 1.43 bits per heavy atom. The molecule has 1 aliphatic carbocycles. The summed E-state index contributed by atoms with van der Waals surface area (Å²) in [5, 5.41) is 20.4. The lowest BCUT2D eigenvalue weighted by Crippen LogP contribution is -2.21. The highest BCUT2D eigenvalue weighted by molar-refractivity contribution is 5.73.